The van der Waals surface area contributed by atoms with Gasteiger partial charge in [-0.3, -0.25) is 9.48 Å². The van der Waals surface area contributed by atoms with Crippen LogP contribution >= 0.6 is 15.9 Å². The first-order valence-electron chi connectivity index (χ1n) is 5.50. The van der Waals surface area contributed by atoms with Crippen LogP contribution in [0.3, 0.4) is 0 Å². The molecule has 18 heavy (non-hydrogen) atoms. The van der Waals surface area contributed by atoms with Gasteiger partial charge in [-0.25, -0.2) is 0 Å². The summed E-state index contributed by atoms with van der Waals surface area (Å²) in [6, 6.07) is 6.89. The van der Waals surface area contributed by atoms with Gasteiger partial charge in [-0.05, 0) is 25.1 Å². The zero-order valence-corrected chi connectivity index (χ0v) is 11.4. The first-order valence-corrected chi connectivity index (χ1v) is 6.29. The third kappa shape index (κ3) is 2.70. The summed E-state index contributed by atoms with van der Waals surface area (Å²) in [5.74, 6) is 0.255. The second-order valence-corrected chi connectivity index (χ2v) is 4.66. The molecular formula is C12H13BrN4O. The number of hydrogen-bond donors (Lipinski definition) is 2. The Kier molecular flexibility index (Phi) is 3.66. The fourth-order valence-electron chi connectivity index (χ4n) is 1.53. The summed E-state index contributed by atoms with van der Waals surface area (Å²) in [5, 5.41) is 6.88. The van der Waals surface area contributed by atoms with Gasteiger partial charge in [0.05, 0.1) is 5.56 Å². The molecule has 2 rings (SSSR count). The van der Waals surface area contributed by atoms with Crippen LogP contribution in [-0.2, 0) is 6.54 Å². The topological polar surface area (TPSA) is 72.9 Å². The van der Waals surface area contributed by atoms with Crippen molar-refractivity contribution in [3.05, 3.63) is 40.5 Å². The molecule has 1 amide bonds. The standard InChI is InChI=1S/C12H13BrN4O/c1-2-17-6-5-11(16-17)15-12(18)9-4-3-8(13)7-10(9)14/h3-7H,2,14H2,1H3,(H,15,16,18). The number of nitrogen functional groups attached to an aromatic ring is 1. The van der Waals surface area contributed by atoms with Crippen LogP contribution in [0.15, 0.2) is 34.9 Å². The Morgan fingerprint density at radius 3 is 2.89 bits per heavy atom. The zero-order chi connectivity index (χ0) is 13.1. The number of nitrogens with one attached hydrogen (secondary N) is 1. The van der Waals surface area contributed by atoms with E-state index in [9.17, 15) is 4.79 Å². The molecule has 0 unspecified atom stereocenters. The molecule has 0 saturated carbocycles. The van der Waals surface area contributed by atoms with Crippen LogP contribution in [0.5, 0.6) is 0 Å². The Morgan fingerprint density at radius 1 is 1.50 bits per heavy atom. The third-order valence-electron chi connectivity index (χ3n) is 2.46. The summed E-state index contributed by atoms with van der Waals surface area (Å²) in [6.45, 7) is 2.74. The quantitative estimate of drug-likeness (QED) is 0.856. The highest BCUT2D eigenvalue weighted by Gasteiger charge is 2.11. The van der Waals surface area contributed by atoms with E-state index in [1.54, 1.807) is 35.1 Å². The van der Waals surface area contributed by atoms with E-state index in [1.165, 1.54) is 0 Å². The van der Waals surface area contributed by atoms with Crippen molar-refractivity contribution in [3.8, 4) is 0 Å². The van der Waals surface area contributed by atoms with Crippen molar-refractivity contribution in [2.24, 2.45) is 0 Å². The van der Waals surface area contributed by atoms with Crippen LogP contribution in [0.1, 0.15) is 17.3 Å². The predicted molar refractivity (Wildman–Crippen MR) is 74.4 cm³/mol. The smallest absolute Gasteiger partial charge is 0.258 e. The Bertz CT molecular complexity index is 579. The number of nitrogens with zero attached hydrogens (tertiary/aromatic N) is 2. The molecule has 94 valence electrons. The molecule has 0 aliphatic heterocycles. The summed E-state index contributed by atoms with van der Waals surface area (Å²) >= 11 is 3.30. The molecule has 1 aromatic carbocycles. The summed E-state index contributed by atoms with van der Waals surface area (Å²) in [4.78, 5) is 12.0. The Morgan fingerprint density at radius 2 is 2.28 bits per heavy atom. The monoisotopic (exact) mass is 308 g/mol. The van der Waals surface area contributed by atoms with E-state index in [-0.39, 0.29) is 5.91 Å². The number of anilines is 2. The fourth-order valence-corrected chi connectivity index (χ4v) is 1.91. The van der Waals surface area contributed by atoms with E-state index in [0.29, 0.717) is 17.1 Å². The summed E-state index contributed by atoms with van der Waals surface area (Å²) in [6.07, 6.45) is 1.81. The number of rotatable bonds is 3. The first kappa shape index (κ1) is 12.6. The van der Waals surface area contributed by atoms with Crippen molar-refractivity contribution in [1.82, 2.24) is 9.78 Å². The molecule has 6 heteroatoms. The maximum Gasteiger partial charge on any atom is 0.258 e. The lowest BCUT2D eigenvalue weighted by Crippen LogP contribution is -2.14. The minimum Gasteiger partial charge on any atom is -0.398 e. The molecule has 0 radical (unpaired) electrons. The van der Waals surface area contributed by atoms with E-state index in [2.05, 4.69) is 26.3 Å². The zero-order valence-electron chi connectivity index (χ0n) is 9.85. The third-order valence-corrected chi connectivity index (χ3v) is 2.96. The maximum atomic E-state index is 12.0. The van der Waals surface area contributed by atoms with Crippen LogP contribution in [0, 0.1) is 0 Å². The number of aromatic nitrogens is 2. The van der Waals surface area contributed by atoms with E-state index < -0.39 is 0 Å². The van der Waals surface area contributed by atoms with Crippen LogP contribution in [0.2, 0.25) is 0 Å². The van der Waals surface area contributed by atoms with E-state index in [4.69, 9.17) is 5.73 Å². The number of halogens is 1. The minimum absolute atomic E-state index is 0.263. The van der Waals surface area contributed by atoms with Crippen molar-refractivity contribution < 1.29 is 4.79 Å². The molecule has 0 bridgehead atoms. The molecule has 2 aromatic rings. The molecule has 1 aromatic heterocycles. The highest BCUT2D eigenvalue weighted by atomic mass is 79.9. The lowest BCUT2D eigenvalue weighted by atomic mass is 10.1. The van der Waals surface area contributed by atoms with Gasteiger partial charge < -0.3 is 11.1 Å². The lowest BCUT2D eigenvalue weighted by Gasteiger charge is -2.05. The number of amides is 1. The normalized spacial score (nSPS) is 10.3. The summed E-state index contributed by atoms with van der Waals surface area (Å²) < 4.78 is 2.58. The first-order chi connectivity index (χ1) is 8.60. The largest absolute Gasteiger partial charge is 0.398 e. The number of nitrogens with two attached hydrogens (primary N) is 1. The average molecular weight is 309 g/mol. The number of carbonyl (C=O) groups excluding carboxylic acids is 1. The Hall–Kier alpha value is -1.82. The van der Waals surface area contributed by atoms with E-state index in [0.717, 1.165) is 11.0 Å². The molecule has 0 atom stereocenters. The molecule has 5 nitrogen and oxygen atoms in total. The summed E-state index contributed by atoms with van der Waals surface area (Å²) in [5.41, 5.74) is 6.65. The number of hydrogen-bond acceptors (Lipinski definition) is 3. The SMILES string of the molecule is CCn1ccc(NC(=O)c2ccc(Br)cc2N)n1. The molecule has 0 aliphatic rings. The number of benzene rings is 1. The average Bonchev–Trinajstić information content (AvgIpc) is 2.76. The van der Waals surface area contributed by atoms with E-state index in [1.807, 2.05) is 6.92 Å². The van der Waals surface area contributed by atoms with Crippen molar-refractivity contribution >= 4 is 33.3 Å². The number of aryl methyl sites for hydroxylation is 1. The maximum absolute atomic E-state index is 12.0. The van der Waals surface area contributed by atoms with Gasteiger partial charge in [-0.15, -0.1) is 0 Å². The van der Waals surface area contributed by atoms with Gasteiger partial charge >= 0.3 is 0 Å². The van der Waals surface area contributed by atoms with Gasteiger partial charge in [-0.2, -0.15) is 5.10 Å². The van der Waals surface area contributed by atoms with Crippen molar-refractivity contribution in [1.29, 1.82) is 0 Å². The van der Waals surface area contributed by atoms with Crippen LogP contribution in [-0.4, -0.2) is 15.7 Å². The van der Waals surface area contributed by atoms with Gasteiger partial charge in [0.25, 0.3) is 5.91 Å². The molecule has 0 fully saturated rings. The van der Waals surface area contributed by atoms with Gasteiger partial charge in [0.15, 0.2) is 5.82 Å². The van der Waals surface area contributed by atoms with Crippen molar-refractivity contribution in [3.63, 3.8) is 0 Å². The fraction of sp³-hybridized carbons (Fsp3) is 0.167. The molecule has 1 heterocycles. The summed E-state index contributed by atoms with van der Waals surface area (Å²) in [7, 11) is 0. The molecular weight excluding hydrogens is 296 g/mol. The minimum atomic E-state index is -0.263. The van der Waals surface area contributed by atoms with Crippen LogP contribution in [0.4, 0.5) is 11.5 Å². The molecule has 3 N–H and O–H groups in total. The predicted octanol–water partition coefficient (Wildman–Crippen LogP) is 2.50. The Labute approximate surface area is 113 Å². The molecule has 0 saturated heterocycles. The van der Waals surface area contributed by atoms with Gasteiger partial charge in [-0.1, -0.05) is 15.9 Å². The van der Waals surface area contributed by atoms with Gasteiger partial charge in [0.2, 0.25) is 0 Å². The van der Waals surface area contributed by atoms with Crippen molar-refractivity contribution in [2.75, 3.05) is 11.1 Å². The van der Waals surface area contributed by atoms with Crippen LogP contribution < -0.4 is 11.1 Å². The second-order valence-electron chi connectivity index (χ2n) is 3.74. The van der Waals surface area contributed by atoms with Crippen LogP contribution in [0.25, 0.3) is 0 Å². The highest BCUT2D eigenvalue weighted by molar-refractivity contribution is 9.10. The van der Waals surface area contributed by atoms with E-state index >= 15 is 0 Å². The van der Waals surface area contributed by atoms with Gasteiger partial charge in [0.1, 0.15) is 0 Å². The van der Waals surface area contributed by atoms with Gasteiger partial charge in [0, 0.05) is 29.0 Å². The molecule has 0 aliphatic carbocycles. The highest BCUT2D eigenvalue weighted by Crippen LogP contribution is 2.19. The van der Waals surface area contributed by atoms with Crippen molar-refractivity contribution in [2.45, 2.75) is 13.5 Å². The Balaban J connectivity index is 2.16. The lowest BCUT2D eigenvalue weighted by molar-refractivity contribution is 0.102. The molecule has 0 spiro atoms. The second kappa shape index (κ2) is 5.22. The number of carbonyl (C=O) groups is 1.